The first kappa shape index (κ1) is 19.4. The Morgan fingerprint density at radius 2 is 1.28 bits per heavy atom. The van der Waals surface area contributed by atoms with E-state index in [1.165, 1.54) is 10.8 Å². The number of fused-ring (bicyclic) bond motifs is 1. The lowest BCUT2D eigenvalue weighted by Gasteiger charge is -2.27. The summed E-state index contributed by atoms with van der Waals surface area (Å²) in [6.07, 6.45) is 0. The molecule has 0 heterocycles. The third-order valence-corrected chi connectivity index (χ3v) is 5.43. The second-order valence-electron chi connectivity index (χ2n) is 7.53. The van der Waals surface area contributed by atoms with E-state index in [0.717, 1.165) is 28.4 Å². The number of benzene rings is 5. The third-order valence-electron chi connectivity index (χ3n) is 5.43. The molecule has 0 aliphatic carbocycles. The fraction of sp³-hybridized carbons (Fsp3) is 0. The second kappa shape index (κ2) is 8.67. The van der Waals surface area contributed by atoms with Gasteiger partial charge in [0.1, 0.15) is 0 Å². The number of nitrogens with one attached hydrogen (secondary N) is 1. The van der Waals surface area contributed by atoms with Crippen molar-refractivity contribution in [2.75, 3.05) is 10.2 Å². The van der Waals surface area contributed by atoms with Crippen LogP contribution in [0.1, 0.15) is 5.56 Å². The van der Waals surface area contributed by atoms with E-state index in [4.69, 9.17) is 5.26 Å². The first-order chi connectivity index (χ1) is 15.8. The number of para-hydroxylation sites is 1. The van der Waals surface area contributed by atoms with Gasteiger partial charge < -0.3 is 10.2 Å². The van der Waals surface area contributed by atoms with Gasteiger partial charge in [-0.3, -0.25) is 0 Å². The number of nitrogens with zero attached hydrogens (tertiary/aromatic N) is 2. The van der Waals surface area contributed by atoms with Crippen molar-refractivity contribution in [3.63, 3.8) is 0 Å². The van der Waals surface area contributed by atoms with Gasteiger partial charge in [0.2, 0.25) is 0 Å². The molecule has 5 aromatic rings. The van der Waals surface area contributed by atoms with Crippen LogP contribution >= 0.6 is 0 Å². The van der Waals surface area contributed by atoms with Gasteiger partial charge in [0.25, 0.3) is 0 Å². The van der Waals surface area contributed by atoms with E-state index < -0.39 is 0 Å². The second-order valence-corrected chi connectivity index (χ2v) is 7.53. The molecule has 5 rings (SSSR count). The molecule has 0 bridgehead atoms. The molecule has 3 nitrogen and oxygen atoms in total. The molecule has 0 spiro atoms. The van der Waals surface area contributed by atoms with Gasteiger partial charge in [0, 0.05) is 28.1 Å². The Morgan fingerprint density at radius 3 is 2.09 bits per heavy atom. The van der Waals surface area contributed by atoms with Gasteiger partial charge in [0.05, 0.1) is 17.3 Å². The highest BCUT2D eigenvalue weighted by molar-refractivity contribution is 5.98. The minimum atomic E-state index is 0.637. The van der Waals surface area contributed by atoms with Crippen LogP contribution in [0, 0.1) is 11.3 Å². The van der Waals surface area contributed by atoms with Crippen LogP contribution in [0.4, 0.5) is 28.4 Å². The van der Waals surface area contributed by atoms with Crippen LogP contribution in [0.15, 0.2) is 121 Å². The maximum Gasteiger partial charge on any atom is 0.0992 e. The Labute approximate surface area is 187 Å². The van der Waals surface area contributed by atoms with Crippen molar-refractivity contribution >= 4 is 39.2 Å². The molecule has 0 aliphatic heterocycles. The highest BCUT2D eigenvalue weighted by Gasteiger charge is 2.14. The predicted octanol–water partition coefficient (Wildman–Crippen LogP) is 7.92. The summed E-state index contributed by atoms with van der Waals surface area (Å²) in [5.74, 6) is 0. The maximum atomic E-state index is 9.13. The highest BCUT2D eigenvalue weighted by Crippen LogP contribution is 2.39. The van der Waals surface area contributed by atoms with Gasteiger partial charge in [-0.2, -0.15) is 5.26 Å². The molecule has 5 aromatic carbocycles. The summed E-state index contributed by atoms with van der Waals surface area (Å²) in [5.41, 5.74) is 5.81. The molecule has 0 aromatic heterocycles. The van der Waals surface area contributed by atoms with Crippen molar-refractivity contribution in [2.45, 2.75) is 0 Å². The minimum Gasteiger partial charge on any atom is -0.355 e. The average molecular weight is 412 g/mol. The van der Waals surface area contributed by atoms with Gasteiger partial charge in [-0.05, 0) is 66.0 Å². The summed E-state index contributed by atoms with van der Waals surface area (Å²) in [4.78, 5) is 2.28. The lowest BCUT2D eigenvalue weighted by Crippen LogP contribution is -2.10. The Morgan fingerprint density at radius 1 is 0.594 bits per heavy atom. The fourth-order valence-electron chi connectivity index (χ4n) is 3.93. The maximum absolute atomic E-state index is 9.13. The summed E-state index contributed by atoms with van der Waals surface area (Å²) in [6.45, 7) is 0. The topological polar surface area (TPSA) is 39.1 Å². The van der Waals surface area contributed by atoms with E-state index in [1.807, 2.05) is 24.3 Å². The van der Waals surface area contributed by atoms with E-state index in [-0.39, 0.29) is 0 Å². The van der Waals surface area contributed by atoms with Gasteiger partial charge in [0.15, 0.2) is 0 Å². The van der Waals surface area contributed by atoms with Crippen LogP contribution in [0.3, 0.4) is 0 Å². The summed E-state index contributed by atoms with van der Waals surface area (Å²) in [6, 6.07) is 43.3. The van der Waals surface area contributed by atoms with Crippen molar-refractivity contribution in [1.29, 1.82) is 5.26 Å². The first-order valence-corrected chi connectivity index (χ1v) is 10.5. The van der Waals surface area contributed by atoms with Crippen molar-refractivity contribution in [3.05, 3.63) is 127 Å². The van der Waals surface area contributed by atoms with Gasteiger partial charge in [-0.1, -0.05) is 60.7 Å². The molecular weight excluding hydrogens is 390 g/mol. The standard InChI is InChI=1S/C29H21N3/c30-21-22-8-6-11-25(20-22)31-24-16-18-27(19-17-24)32(26-12-2-1-3-13-26)29-15-7-10-23-9-4-5-14-28(23)29/h1-20,31H. The molecule has 0 saturated heterocycles. The normalized spacial score (nSPS) is 10.5. The van der Waals surface area contributed by atoms with Gasteiger partial charge in [-0.25, -0.2) is 0 Å². The summed E-state index contributed by atoms with van der Waals surface area (Å²) < 4.78 is 0. The number of hydrogen-bond donors (Lipinski definition) is 1. The van der Waals surface area contributed by atoms with E-state index in [1.54, 1.807) is 6.07 Å². The zero-order chi connectivity index (χ0) is 21.8. The van der Waals surface area contributed by atoms with Crippen LogP contribution in [0.2, 0.25) is 0 Å². The molecule has 0 amide bonds. The van der Waals surface area contributed by atoms with E-state index >= 15 is 0 Å². The zero-order valence-corrected chi connectivity index (χ0v) is 17.4. The molecule has 0 radical (unpaired) electrons. The van der Waals surface area contributed by atoms with Crippen molar-refractivity contribution in [2.24, 2.45) is 0 Å². The molecular formula is C29H21N3. The molecule has 0 fully saturated rings. The SMILES string of the molecule is N#Cc1cccc(Nc2ccc(N(c3ccccc3)c3cccc4ccccc34)cc2)c1. The summed E-state index contributed by atoms with van der Waals surface area (Å²) in [5, 5.41) is 14.9. The van der Waals surface area contributed by atoms with Gasteiger partial charge in [-0.15, -0.1) is 0 Å². The molecule has 3 heteroatoms. The third kappa shape index (κ3) is 3.90. The van der Waals surface area contributed by atoms with Crippen LogP contribution in [0.25, 0.3) is 10.8 Å². The fourth-order valence-corrected chi connectivity index (χ4v) is 3.93. The van der Waals surface area contributed by atoms with E-state index in [9.17, 15) is 0 Å². The van der Waals surface area contributed by atoms with Crippen molar-refractivity contribution in [3.8, 4) is 6.07 Å². The Kier molecular flexibility index (Phi) is 5.26. The molecule has 32 heavy (non-hydrogen) atoms. The predicted molar refractivity (Wildman–Crippen MR) is 133 cm³/mol. The molecule has 0 aliphatic rings. The number of anilines is 5. The van der Waals surface area contributed by atoms with Crippen LogP contribution in [0.5, 0.6) is 0 Å². The number of nitriles is 1. The van der Waals surface area contributed by atoms with E-state index in [2.05, 4.69) is 107 Å². The average Bonchev–Trinajstić information content (AvgIpc) is 2.86. The summed E-state index contributed by atoms with van der Waals surface area (Å²) in [7, 11) is 0. The van der Waals surface area contributed by atoms with Crippen molar-refractivity contribution in [1.82, 2.24) is 0 Å². The monoisotopic (exact) mass is 411 g/mol. The molecule has 0 atom stereocenters. The smallest absolute Gasteiger partial charge is 0.0992 e. The Hall–Kier alpha value is -4.55. The zero-order valence-electron chi connectivity index (χ0n) is 17.4. The van der Waals surface area contributed by atoms with Crippen molar-refractivity contribution < 1.29 is 0 Å². The molecule has 1 N–H and O–H groups in total. The Balaban J connectivity index is 1.55. The number of hydrogen-bond acceptors (Lipinski definition) is 3. The molecule has 0 unspecified atom stereocenters. The highest BCUT2D eigenvalue weighted by atomic mass is 15.1. The van der Waals surface area contributed by atoms with Crippen LogP contribution < -0.4 is 10.2 Å². The van der Waals surface area contributed by atoms with Gasteiger partial charge >= 0.3 is 0 Å². The largest absolute Gasteiger partial charge is 0.355 e. The molecule has 0 saturated carbocycles. The Bertz CT molecular complexity index is 1400. The van der Waals surface area contributed by atoms with Crippen LogP contribution in [-0.4, -0.2) is 0 Å². The summed E-state index contributed by atoms with van der Waals surface area (Å²) >= 11 is 0. The first-order valence-electron chi connectivity index (χ1n) is 10.5. The van der Waals surface area contributed by atoms with Crippen LogP contribution in [-0.2, 0) is 0 Å². The lowest BCUT2D eigenvalue weighted by atomic mass is 10.1. The minimum absolute atomic E-state index is 0.637. The lowest BCUT2D eigenvalue weighted by molar-refractivity contribution is 1.30. The quantitative estimate of drug-likeness (QED) is 0.319. The number of rotatable bonds is 5. The molecule has 152 valence electrons. The van der Waals surface area contributed by atoms with E-state index in [0.29, 0.717) is 5.56 Å².